The molecule has 2 aliphatic heterocycles. The number of aromatic nitrogens is 4. The maximum atomic E-state index is 13.3. The van der Waals surface area contributed by atoms with E-state index in [-0.39, 0.29) is 23.5 Å². The van der Waals surface area contributed by atoms with Crippen molar-refractivity contribution in [1.82, 2.24) is 24.7 Å². The second-order valence-electron chi connectivity index (χ2n) is 8.34. The summed E-state index contributed by atoms with van der Waals surface area (Å²) in [5.74, 6) is -0.616. The Morgan fingerprint density at radius 3 is 2.41 bits per heavy atom. The van der Waals surface area contributed by atoms with Crippen LogP contribution in [0.4, 0.5) is 19.0 Å². The van der Waals surface area contributed by atoms with E-state index in [1.54, 1.807) is 6.07 Å². The van der Waals surface area contributed by atoms with Crippen LogP contribution in [0.25, 0.3) is 5.65 Å². The number of carbonyl (C=O) groups excluding carboxylic acids is 1. The molecule has 2 aliphatic rings. The lowest BCUT2D eigenvalue weighted by Crippen LogP contribution is -2.42. The molecule has 2 saturated heterocycles. The number of rotatable bonds is 3. The van der Waals surface area contributed by atoms with Gasteiger partial charge in [0.2, 0.25) is 5.91 Å². The highest BCUT2D eigenvalue weighted by Crippen LogP contribution is 2.35. The summed E-state index contributed by atoms with van der Waals surface area (Å²) in [5, 5.41) is 10.9. The van der Waals surface area contributed by atoms with Gasteiger partial charge in [-0.1, -0.05) is 30.3 Å². The minimum atomic E-state index is -4.63. The SMILES string of the molecule is O=C(C1CCN(c2ccc3nnc(C(F)(F)F)n3n2)CC1)N1CCCC1c1ccccc1. The average Bonchev–Trinajstić information content (AvgIpc) is 3.46. The number of fused-ring (bicyclic) bond motifs is 1. The summed E-state index contributed by atoms with van der Waals surface area (Å²) in [5.41, 5.74) is 1.22. The van der Waals surface area contributed by atoms with E-state index in [1.165, 1.54) is 11.6 Å². The maximum Gasteiger partial charge on any atom is 0.453 e. The number of hydrogen-bond donors (Lipinski definition) is 0. The molecule has 32 heavy (non-hydrogen) atoms. The zero-order valence-corrected chi connectivity index (χ0v) is 17.4. The highest BCUT2D eigenvalue weighted by molar-refractivity contribution is 5.80. The minimum Gasteiger partial charge on any atom is -0.355 e. The highest BCUT2D eigenvalue weighted by Gasteiger charge is 2.38. The second kappa shape index (κ2) is 8.07. The Labute approximate surface area is 182 Å². The van der Waals surface area contributed by atoms with E-state index in [2.05, 4.69) is 27.4 Å². The Morgan fingerprint density at radius 2 is 1.69 bits per heavy atom. The molecule has 2 fully saturated rings. The van der Waals surface area contributed by atoms with Gasteiger partial charge in [-0.05, 0) is 43.4 Å². The topological polar surface area (TPSA) is 66.6 Å². The standard InChI is InChI=1S/C22H23F3N6O/c23-22(24,25)21-27-26-18-8-9-19(28-31(18)21)29-13-10-16(11-14-29)20(32)30-12-4-7-17(30)15-5-2-1-3-6-15/h1-3,5-6,8-9,16-17H,4,7,10-14H2. The molecule has 5 rings (SSSR count). The molecular weight excluding hydrogens is 421 g/mol. The van der Waals surface area contributed by atoms with Crippen molar-refractivity contribution >= 4 is 17.4 Å². The van der Waals surface area contributed by atoms with Crippen molar-refractivity contribution in [3.8, 4) is 0 Å². The number of nitrogens with zero attached hydrogens (tertiary/aromatic N) is 6. The summed E-state index contributed by atoms with van der Waals surface area (Å²) < 4.78 is 40.2. The molecule has 0 aliphatic carbocycles. The first-order valence-electron chi connectivity index (χ1n) is 10.8. The molecule has 1 atom stereocenters. The van der Waals surface area contributed by atoms with Gasteiger partial charge in [-0.3, -0.25) is 4.79 Å². The van der Waals surface area contributed by atoms with E-state index >= 15 is 0 Å². The van der Waals surface area contributed by atoms with Gasteiger partial charge >= 0.3 is 6.18 Å². The number of carbonyl (C=O) groups is 1. The van der Waals surface area contributed by atoms with Crippen molar-refractivity contribution in [2.24, 2.45) is 5.92 Å². The zero-order chi connectivity index (χ0) is 22.3. The molecule has 1 amide bonds. The predicted molar refractivity (Wildman–Crippen MR) is 111 cm³/mol. The first-order valence-corrected chi connectivity index (χ1v) is 10.8. The van der Waals surface area contributed by atoms with E-state index in [4.69, 9.17) is 0 Å². The van der Waals surface area contributed by atoms with Gasteiger partial charge in [0, 0.05) is 25.6 Å². The molecule has 2 aromatic heterocycles. The van der Waals surface area contributed by atoms with E-state index in [9.17, 15) is 18.0 Å². The van der Waals surface area contributed by atoms with Crippen LogP contribution >= 0.6 is 0 Å². The monoisotopic (exact) mass is 444 g/mol. The molecular formula is C22H23F3N6O. The molecule has 1 aromatic carbocycles. The number of piperidine rings is 1. The van der Waals surface area contributed by atoms with Gasteiger partial charge in [-0.15, -0.1) is 15.3 Å². The van der Waals surface area contributed by atoms with Crippen molar-refractivity contribution < 1.29 is 18.0 Å². The molecule has 4 heterocycles. The number of likely N-dealkylation sites (tertiary alicyclic amines) is 1. The number of halogens is 3. The van der Waals surface area contributed by atoms with Crippen LogP contribution in [-0.2, 0) is 11.0 Å². The molecule has 0 radical (unpaired) electrons. The lowest BCUT2D eigenvalue weighted by Gasteiger charge is -2.35. The molecule has 0 saturated carbocycles. The first-order chi connectivity index (χ1) is 15.4. The Hall–Kier alpha value is -3.17. The summed E-state index contributed by atoms with van der Waals surface area (Å²) in [7, 11) is 0. The lowest BCUT2D eigenvalue weighted by molar-refractivity contribution is -0.146. The van der Waals surface area contributed by atoms with E-state index in [1.807, 2.05) is 28.0 Å². The van der Waals surface area contributed by atoms with Crippen molar-refractivity contribution in [3.05, 3.63) is 53.9 Å². The van der Waals surface area contributed by atoms with Crippen molar-refractivity contribution in [2.45, 2.75) is 37.9 Å². The number of amides is 1. The Morgan fingerprint density at radius 1 is 0.938 bits per heavy atom. The maximum absolute atomic E-state index is 13.3. The molecule has 0 bridgehead atoms. The van der Waals surface area contributed by atoms with Gasteiger partial charge < -0.3 is 9.80 Å². The van der Waals surface area contributed by atoms with Gasteiger partial charge in [0.05, 0.1) is 6.04 Å². The number of hydrogen-bond acceptors (Lipinski definition) is 5. The summed E-state index contributed by atoms with van der Waals surface area (Å²) in [6, 6.07) is 13.4. The third-order valence-electron chi connectivity index (χ3n) is 6.39. The molecule has 168 valence electrons. The van der Waals surface area contributed by atoms with Gasteiger partial charge in [-0.2, -0.15) is 17.7 Å². The fraction of sp³-hybridized carbons (Fsp3) is 0.455. The van der Waals surface area contributed by atoms with Gasteiger partial charge in [0.25, 0.3) is 5.82 Å². The number of benzene rings is 1. The molecule has 7 nitrogen and oxygen atoms in total. The molecule has 0 N–H and O–H groups in total. The number of anilines is 1. The van der Waals surface area contributed by atoms with Gasteiger partial charge in [0.1, 0.15) is 5.82 Å². The number of alkyl halides is 3. The molecule has 1 unspecified atom stereocenters. The normalized spacial score (nSPS) is 20.3. The summed E-state index contributed by atoms with van der Waals surface area (Å²) >= 11 is 0. The van der Waals surface area contributed by atoms with Gasteiger partial charge in [0.15, 0.2) is 5.65 Å². The highest BCUT2D eigenvalue weighted by atomic mass is 19.4. The fourth-order valence-electron chi connectivity index (χ4n) is 4.77. The first kappa shape index (κ1) is 20.7. The largest absolute Gasteiger partial charge is 0.453 e. The molecule has 10 heteroatoms. The van der Waals surface area contributed by atoms with Crippen molar-refractivity contribution in [3.63, 3.8) is 0 Å². The Bertz CT molecular complexity index is 1110. The third-order valence-corrected chi connectivity index (χ3v) is 6.39. The predicted octanol–water partition coefficient (Wildman–Crippen LogP) is 3.72. The quantitative estimate of drug-likeness (QED) is 0.616. The Balaban J connectivity index is 1.27. The smallest absolute Gasteiger partial charge is 0.355 e. The molecule has 3 aromatic rings. The van der Waals surface area contributed by atoms with Crippen LogP contribution in [0.2, 0.25) is 0 Å². The third kappa shape index (κ3) is 3.78. The van der Waals surface area contributed by atoms with Crippen LogP contribution in [0.15, 0.2) is 42.5 Å². The van der Waals surface area contributed by atoms with Crippen molar-refractivity contribution in [1.29, 1.82) is 0 Å². The van der Waals surface area contributed by atoms with Crippen LogP contribution in [0, 0.1) is 5.92 Å². The van der Waals surface area contributed by atoms with Crippen LogP contribution < -0.4 is 4.90 Å². The van der Waals surface area contributed by atoms with Crippen LogP contribution in [0.1, 0.15) is 43.1 Å². The lowest BCUT2D eigenvalue weighted by atomic mass is 9.94. The van der Waals surface area contributed by atoms with E-state index < -0.39 is 12.0 Å². The van der Waals surface area contributed by atoms with Crippen molar-refractivity contribution in [2.75, 3.05) is 24.5 Å². The summed E-state index contributed by atoms with van der Waals surface area (Å²) in [6.07, 6.45) is -1.38. The average molecular weight is 444 g/mol. The summed E-state index contributed by atoms with van der Waals surface area (Å²) in [4.78, 5) is 17.2. The summed E-state index contributed by atoms with van der Waals surface area (Å²) in [6.45, 7) is 1.88. The van der Waals surface area contributed by atoms with E-state index in [0.29, 0.717) is 31.7 Å². The van der Waals surface area contributed by atoms with E-state index in [0.717, 1.165) is 23.9 Å². The fourth-order valence-corrected chi connectivity index (χ4v) is 4.77. The van der Waals surface area contributed by atoms with Crippen LogP contribution in [-0.4, -0.2) is 50.3 Å². The van der Waals surface area contributed by atoms with Crippen LogP contribution in [0.5, 0.6) is 0 Å². The zero-order valence-electron chi connectivity index (χ0n) is 17.4. The Kier molecular flexibility index (Phi) is 5.22. The molecule has 0 spiro atoms. The van der Waals surface area contributed by atoms with Gasteiger partial charge in [-0.25, -0.2) is 0 Å². The second-order valence-corrected chi connectivity index (χ2v) is 8.34. The minimum absolute atomic E-state index is 0.0483. The van der Waals surface area contributed by atoms with Crippen LogP contribution in [0.3, 0.4) is 0 Å².